The van der Waals surface area contributed by atoms with Gasteiger partial charge in [0, 0.05) is 11.4 Å². The monoisotopic (exact) mass is 198 g/mol. The maximum Gasteiger partial charge on any atom is 1.00 e. The minimum absolute atomic E-state index is 0. The SMILES string of the molecule is O=C([O-])CC1C=CS(=O)(=O)C1.[Na+]. The van der Waals surface area contributed by atoms with Crippen LogP contribution in [0.3, 0.4) is 0 Å². The van der Waals surface area contributed by atoms with Crippen molar-refractivity contribution in [1.82, 2.24) is 0 Å². The smallest absolute Gasteiger partial charge is 0.550 e. The number of carbonyl (C=O) groups is 1. The van der Waals surface area contributed by atoms with Crippen LogP contribution in [0.4, 0.5) is 0 Å². The fraction of sp³-hybridized carbons (Fsp3) is 0.500. The number of sulfone groups is 1. The van der Waals surface area contributed by atoms with Crippen molar-refractivity contribution >= 4 is 15.8 Å². The third-order valence-electron chi connectivity index (χ3n) is 1.43. The van der Waals surface area contributed by atoms with Gasteiger partial charge < -0.3 is 9.90 Å². The second kappa shape index (κ2) is 4.41. The number of carbonyl (C=O) groups excluding carboxylic acids is 1. The zero-order valence-electron chi connectivity index (χ0n) is 6.69. The van der Waals surface area contributed by atoms with Crippen molar-refractivity contribution in [3.8, 4) is 0 Å². The van der Waals surface area contributed by atoms with Crippen LogP contribution >= 0.6 is 0 Å². The van der Waals surface area contributed by atoms with Gasteiger partial charge in [0.15, 0.2) is 9.84 Å². The fourth-order valence-corrected chi connectivity index (χ4v) is 2.38. The number of hydrogen-bond acceptors (Lipinski definition) is 4. The van der Waals surface area contributed by atoms with E-state index in [9.17, 15) is 18.3 Å². The summed E-state index contributed by atoms with van der Waals surface area (Å²) in [4.78, 5) is 10.0. The first-order valence-corrected chi connectivity index (χ1v) is 4.82. The molecule has 0 radical (unpaired) electrons. The van der Waals surface area contributed by atoms with E-state index in [0.717, 1.165) is 5.41 Å². The molecule has 12 heavy (non-hydrogen) atoms. The van der Waals surface area contributed by atoms with Crippen molar-refractivity contribution in [2.24, 2.45) is 5.92 Å². The van der Waals surface area contributed by atoms with E-state index >= 15 is 0 Å². The maximum absolute atomic E-state index is 10.7. The van der Waals surface area contributed by atoms with Gasteiger partial charge >= 0.3 is 29.6 Å². The van der Waals surface area contributed by atoms with E-state index in [1.165, 1.54) is 6.08 Å². The second-order valence-corrected chi connectivity index (χ2v) is 4.43. The number of aliphatic carboxylic acids is 1. The van der Waals surface area contributed by atoms with Crippen LogP contribution in [0.5, 0.6) is 0 Å². The normalized spacial score (nSPS) is 24.8. The van der Waals surface area contributed by atoms with Crippen molar-refractivity contribution in [3.63, 3.8) is 0 Å². The van der Waals surface area contributed by atoms with Crippen LogP contribution in [0.2, 0.25) is 0 Å². The Morgan fingerprint density at radius 3 is 2.50 bits per heavy atom. The molecule has 0 bridgehead atoms. The van der Waals surface area contributed by atoms with E-state index in [-0.39, 0.29) is 41.7 Å². The van der Waals surface area contributed by atoms with Gasteiger partial charge in [0.2, 0.25) is 0 Å². The predicted octanol–water partition coefficient (Wildman–Crippen LogP) is -4.31. The molecule has 0 aromatic heterocycles. The van der Waals surface area contributed by atoms with Gasteiger partial charge in [0.1, 0.15) is 0 Å². The molecule has 1 heterocycles. The number of hydrogen-bond donors (Lipinski definition) is 0. The van der Waals surface area contributed by atoms with E-state index in [4.69, 9.17) is 0 Å². The molecule has 0 spiro atoms. The molecule has 0 saturated heterocycles. The summed E-state index contributed by atoms with van der Waals surface area (Å²) >= 11 is 0. The molecule has 0 amide bonds. The summed E-state index contributed by atoms with van der Waals surface area (Å²) in [5, 5.41) is 11.1. The number of allylic oxidation sites excluding steroid dienone is 1. The Kier molecular flexibility index (Phi) is 4.47. The average Bonchev–Trinajstić information content (AvgIpc) is 2.08. The third kappa shape index (κ3) is 3.71. The van der Waals surface area contributed by atoms with Crippen molar-refractivity contribution in [3.05, 3.63) is 11.5 Å². The molecule has 1 rings (SSSR count). The van der Waals surface area contributed by atoms with Crippen molar-refractivity contribution in [2.75, 3.05) is 5.75 Å². The molecule has 4 nitrogen and oxygen atoms in total. The van der Waals surface area contributed by atoms with Crippen LogP contribution < -0.4 is 34.7 Å². The first kappa shape index (κ1) is 12.2. The summed E-state index contributed by atoms with van der Waals surface area (Å²) in [6.07, 6.45) is 1.18. The molecule has 0 fully saturated rings. The van der Waals surface area contributed by atoms with Gasteiger partial charge in [-0.1, -0.05) is 6.08 Å². The summed E-state index contributed by atoms with van der Waals surface area (Å²) in [5.74, 6) is -1.71. The summed E-state index contributed by atoms with van der Waals surface area (Å²) in [5.41, 5.74) is 0. The molecule has 0 aromatic carbocycles. The van der Waals surface area contributed by atoms with Gasteiger partial charge in [0.05, 0.1) is 5.75 Å². The van der Waals surface area contributed by atoms with E-state index in [1.54, 1.807) is 0 Å². The summed E-state index contributed by atoms with van der Waals surface area (Å²) in [6.45, 7) is 0. The first-order valence-electron chi connectivity index (χ1n) is 3.10. The van der Waals surface area contributed by atoms with Crippen LogP contribution in [0.25, 0.3) is 0 Å². The quantitative estimate of drug-likeness (QED) is 0.421. The minimum Gasteiger partial charge on any atom is -0.550 e. The molecule has 0 aliphatic carbocycles. The molecule has 1 aliphatic heterocycles. The summed E-state index contributed by atoms with van der Waals surface area (Å²) < 4.78 is 21.4. The van der Waals surface area contributed by atoms with Crippen molar-refractivity contribution < 1.29 is 47.9 Å². The van der Waals surface area contributed by atoms with Gasteiger partial charge in [0.25, 0.3) is 0 Å². The van der Waals surface area contributed by atoms with Crippen molar-refractivity contribution in [2.45, 2.75) is 6.42 Å². The zero-order valence-corrected chi connectivity index (χ0v) is 9.50. The van der Waals surface area contributed by atoms with E-state index in [2.05, 4.69) is 0 Å². The Morgan fingerprint density at radius 2 is 2.17 bits per heavy atom. The van der Waals surface area contributed by atoms with E-state index in [0.29, 0.717) is 0 Å². The van der Waals surface area contributed by atoms with E-state index < -0.39 is 21.7 Å². The van der Waals surface area contributed by atoms with Gasteiger partial charge in [-0.05, 0) is 12.3 Å². The third-order valence-corrected chi connectivity index (χ3v) is 2.90. The first-order chi connectivity index (χ1) is 4.99. The molecule has 0 N–H and O–H groups in total. The average molecular weight is 198 g/mol. The predicted molar refractivity (Wildman–Crippen MR) is 36.0 cm³/mol. The summed E-state index contributed by atoms with van der Waals surface area (Å²) in [7, 11) is -3.11. The largest absolute Gasteiger partial charge is 1.00 e. The van der Waals surface area contributed by atoms with Gasteiger partial charge in [-0.25, -0.2) is 8.42 Å². The topological polar surface area (TPSA) is 74.3 Å². The molecular weight excluding hydrogens is 191 g/mol. The molecule has 1 aliphatic rings. The Labute approximate surface area is 92.9 Å². The maximum atomic E-state index is 10.7. The Balaban J connectivity index is 0.00000121. The van der Waals surface area contributed by atoms with Gasteiger partial charge in [-0.2, -0.15) is 0 Å². The Morgan fingerprint density at radius 1 is 1.58 bits per heavy atom. The number of rotatable bonds is 2. The summed E-state index contributed by atoms with van der Waals surface area (Å²) in [6, 6.07) is 0. The van der Waals surface area contributed by atoms with Gasteiger partial charge in [-0.3, -0.25) is 0 Å². The van der Waals surface area contributed by atoms with Crippen LogP contribution in [-0.2, 0) is 14.6 Å². The Hall–Kier alpha value is 0.160. The molecule has 0 saturated carbocycles. The molecule has 62 valence electrons. The van der Waals surface area contributed by atoms with Crippen molar-refractivity contribution in [1.29, 1.82) is 0 Å². The van der Waals surface area contributed by atoms with Crippen LogP contribution in [0.1, 0.15) is 6.42 Å². The Bertz CT molecular complexity index is 293. The van der Waals surface area contributed by atoms with Gasteiger partial charge in [-0.15, -0.1) is 0 Å². The second-order valence-electron chi connectivity index (χ2n) is 2.49. The number of carboxylic acid groups (broad SMARTS) is 1. The zero-order chi connectivity index (χ0) is 8.48. The molecule has 1 atom stereocenters. The van der Waals surface area contributed by atoms with E-state index in [1.807, 2.05) is 0 Å². The molecule has 1 unspecified atom stereocenters. The molecular formula is C6H7NaO4S. The minimum atomic E-state index is -3.11. The number of carboxylic acids is 1. The molecule has 6 heteroatoms. The van der Waals surface area contributed by atoms with Crippen LogP contribution in [0, 0.1) is 5.92 Å². The van der Waals surface area contributed by atoms with Crippen LogP contribution in [0.15, 0.2) is 11.5 Å². The van der Waals surface area contributed by atoms with Crippen LogP contribution in [-0.4, -0.2) is 20.1 Å². The fourth-order valence-electron chi connectivity index (χ4n) is 0.981. The standard InChI is InChI=1S/C6H8O4S.Na/c7-6(8)3-5-1-2-11(9,10)4-5;/h1-2,5H,3-4H2,(H,7,8);/q;+1/p-1. The molecule has 0 aromatic rings.